The van der Waals surface area contributed by atoms with Crippen LogP contribution in [0, 0.1) is 6.92 Å². The minimum absolute atomic E-state index is 0.175. The van der Waals surface area contributed by atoms with Gasteiger partial charge in [-0.2, -0.15) is 0 Å². The number of amides is 2. The van der Waals surface area contributed by atoms with E-state index in [1.165, 1.54) is 22.4 Å². The molecule has 1 atom stereocenters. The summed E-state index contributed by atoms with van der Waals surface area (Å²) in [6.45, 7) is 2.28. The highest BCUT2D eigenvalue weighted by Crippen LogP contribution is 2.32. The molecule has 4 rings (SSSR count). The molecule has 0 aliphatic carbocycles. The van der Waals surface area contributed by atoms with E-state index in [0.717, 1.165) is 5.56 Å². The summed E-state index contributed by atoms with van der Waals surface area (Å²) < 4.78 is 5.90. The van der Waals surface area contributed by atoms with Crippen LogP contribution in [-0.2, 0) is 4.74 Å². The number of carbonyl (C=O) groups is 2. The fraction of sp³-hybridized carbons (Fsp3) is 0.190. The first kappa shape index (κ1) is 21.0. The highest BCUT2D eigenvalue weighted by molar-refractivity contribution is 7.18. The third-order valence-electron chi connectivity index (χ3n) is 4.91. The maximum absolute atomic E-state index is 12.4. The van der Waals surface area contributed by atoms with Crippen molar-refractivity contribution in [2.24, 2.45) is 0 Å². The molecule has 0 spiro atoms. The molecule has 3 aromatic rings. The Morgan fingerprint density at radius 2 is 2.10 bits per heavy atom. The van der Waals surface area contributed by atoms with E-state index in [0.29, 0.717) is 26.0 Å². The van der Waals surface area contributed by atoms with Crippen LogP contribution in [0.4, 0.5) is 10.5 Å². The van der Waals surface area contributed by atoms with Gasteiger partial charge in [-0.1, -0.05) is 17.7 Å². The molecule has 1 aliphatic rings. The SMILES string of the molecule is Cc1cc(N2C[C@H](CNC(=O)c3ccc(Cl)s3)OC2=O)ccc1-c1cc[nH]c(=O)c1O. The predicted molar refractivity (Wildman–Crippen MR) is 118 cm³/mol. The first-order chi connectivity index (χ1) is 14.8. The van der Waals surface area contributed by atoms with Crippen molar-refractivity contribution in [1.82, 2.24) is 10.3 Å². The Labute approximate surface area is 186 Å². The number of ether oxygens (including phenoxy) is 1. The molecule has 1 fully saturated rings. The fourth-order valence-electron chi connectivity index (χ4n) is 3.37. The van der Waals surface area contributed by atoms with Gasteiger partial charge in [-0.05, 0) is 48.4 Å². The number of anilines is 1. The molecule has 1 saturated heterocycles. The number of nitrogens with one attached hydrogen (secondary N) is 2. The van der Waals surface area contributed by atoms with E-state index in [1.54, 1.807) is 36.4 Å². The molecular weight excluding hydrogens is 442 g/mol. The van der Waals surface area contributed by atoms with Crippen molar-refractivity contribution < 1.29 is 19.4 Å². The van der Waals surface area contributed by atoms with Gasteiger partial charge in [0, 0.05) is 17.4 Å². The van der Waals surface area contributed by atoms with Crippen molar-refractivity contribution in [1.29, 1.82) is 0 Å². The summed E-state index contributed by atoms with van der Waals surface area (Å²) in [4.78, 5) is 40.6. The fourth-order valence-corrected chi connectivity index (χ4v) is 4.33. The highest BCUT2D eigenvalue weighted by Gasteiger charge is 2.33. The van der Waals surface area contributed by atoms with Crippen molar-refractivity contribution >= 4 is 40.6 Å². The number of cyclic esters (lactones) is 1. The van der Waals surface area contributed by atoms with Crippen LogP contribution in [0.1, 0.15) is 15.2 Å². The average molecular weight is 460 g/mol. The van der Waals surface area contributed by atoms with Gasteiger partial charge in [0.2, 0.25) is 0 Å². The van der Waals surface area contributed by atoms with E-state index >= 15 is 0 Å². The van der Waals surface area contributed by atoms with Crippen LogP contribution >= 0.6 is 22.9 Å². The summed E-state index contributed by atoms with van der Waals surface area (Å²) in [7, 11) is 0. The van der Waals surface area contributed by atoms with Gasteiger partial charge in [0.1, 0.15) is 6.10 Å². The molecule has 160 valence electrons. The second kappa shape index (κ2) is 8.44. The number of halogens is 1. The first-order valence-corrected chi connectivity index (χ1v) is 10.6. The Bertz CT molecular complexity index is 1220. The largest absolute Gasteiger partial charge is 0.503 e. The van der Waals surface area contributed by atoms with Crippen LogP contribution in [0.25, 0.3) is 11.1 Å². The molecule has 1 aliphatic heterocycles. The van der Waals surface area contributed by atoms with Crippen LogP contribution in [0.2, 0.25) is 4.34 Å². The van der Waals surface area contributed by atoms with E-state index in [4.69, 9.17) is 16.3 Å². The Kier molecular flexibility index (Phi) is 5.71. The van der Waals surface area contributed by atoms with Crippen LogP contribution in [0.3, 0.4) is 0 Å². The van der Waals surface area contributed by atoms with E-state index in [9.17, 15) is 19.5 Å². The standard InChI is InChI=1S/C21H18ClN3O5S/c1-11-8-12(2-3-14(11)15-6-7-23-20(28)18(15)26)25-10-13(30-21(25)29)9-24-19(27)16-4-5-17(22)31-16/h2-8,13,26H,9-10H2,1H3,(H,23,28)(H,24,27)/t13-/m0/s1. The van der Waals surface area contributed by atoms with E-state index < -0.39 is 17.8 Å². The third-order valence-corrected chi connectivity index (χ3v) is 6.14. The molecule has 0 radical (unpaired) electrons. The van der Waals surface area contributed by atoms with E-state index in [2.05, 4.69) is 10.3 Å². The molecule has 8 nitrogen and oxygen atoms in total. The van der Waals surface area contributed by atoms with Gasteiger partial charge in [-0.3, -0.25) is 14.5 Å². The summed E-state index contributed by atoms with van der Waals surface area (Å²) in [5, 5.41) is 12.8. The van der Waals surface area contributed by atoms with Crippen molar-refractivity contribution in [2.45, 2.75) is 13.0 Å². The predicted octanol–water partition coefficient (Wildman–Crippen LogP) is 3.53. The van der Waals surface area contributed by atoms with Gasteiger partial charge in [0.15, 0.2) is 5.75 Å². The van der Waals surface area contributed by atoms with Crippen LogP contribution in [-0.4, -0.2) is 41.3 Å². The molecule has 2 amide bonds. The molecule has 0 saturated carbocycles. The maximum atomic E-state index is 12.4. The normalized spacial score (nSPS) is 15.7. The van der Waals surface area contributed by atoms with Crippen molar-refractivity contribution in [3.05, 3.63) is 67.7 Å². The van der Waals surface area contributed by atoms with E-state index in [1.807, 2.05) is 6.92 Å². The molecule has 1 aromatic carbocycles. The summed E-state index contributed by atoms with van der Waals surface area (Å²) >= 11 is 7.02. The second-order valence-electron chi connectivity index (χ2n) is 7.00. The Hall–Kier alpha value is -3.30. The smallest absolute Gasteiger partial charge is 0.414 e. The van der Waals surface area contributed by atoms with Gasteiger partial charge in [-0.25, -0.2) is 4.79 Å². The lowest BCUT2D eigenvalue weighted by Gasteiger charge is -2.16. The van der Waals surface area contributed by atoms with Gasteiger partial charge in [0.05, 0.1) is 22.3 Å². The zero-order valence-corrected chi connectivity index (χ0v) is 17.9. The van der Waals surface area contributed by atoms with Gasteiger partial charge in [0.25, 0.3) is 11.5 Å². The quantitative estimate of drug-likeness (QED) is 0.540. The number of pyridine rings is 1. The lowest BCUT2D eigenvalue weighted by molar-refractivity contribution is 0.0920. The minimum Gasteiger partial charge on any atom is -0.503 e. The Morgan fingerprint density at radius 1 is 1.29 bits per heavy atom. The first-order valence-electron chi connectivity index (χ1n) is 9.37. The third kappa shape index (κ3) is 4.28. The summed E-state index contributed by atoms with van der Waals surface area (Å²) in [5.41, 5.74) is 1.91. The molecule has 31 heavy (non-hydrogen) atoms. The molecule has 3 N–H and O–H groups in total. The van der Waals surface area contributed by atoms with E-state index in [-0.39, 0.29) is 24.7 Å². The number of aromatic amines is 1. The summed E-state index contributed by atoms with van der Waals surface area (Å²) in [6.07, 6.45) is 0.458. The lowest BCUT2D eigenvalue weighted by atomic mass is 10.00. The molecule has 0 unspecified atom stereocenters. The van der Waals surface area contributed by atoms with Crippen LogP contribution in [0.5, 0.6) is 5.75 Å². The van der Waals surface area contributed by atoms with Gasteiger partial charge >= 0.3 is 6.09 Å². The zero-order valence-electron chi connectivity index (χ0n) is 16.3. The average Bonchev–Trinajstić information content (AvgIpc) is 3.34. The number of H-pyrrole nitrogens is 1. The number of aryl methyl sites for hydroxylation is 1. The molecule has 3 heterocycles. The molecule has 0 bridgehead atoms. The monoisotopic (exact) mass is 459 g/mol. The maximum Gasteiger partial charge on any atom is 0.414 e. The number of hydrogen-bond acceptors (Lipinski definition) is 6. The number of thiophene rings is 1. The lowest BCUT2D eigenvalue weighted by Crippen LogP contribution is -2.34. The number of carbonyl (C=O) groups excluding carboxylic acids is 2. The highest BCUT2D eigenvalue weighted by atomic mass is 35.5. The second-order valence-corrected chi connectivity index (χ2v) is 8.71. The molecular formula is C21H18ClN3O5S. The van der Waals surface area contributed by atoms with Crippen molar-refractivity contribution in [2.75, 3.05) is 18.0 Å². The number of nitrogens with zero attached hydrogens (tertiary/aromatic N) is 1. The number of hydrogen-bond donors (Lipinski definition) is 3. The van der Waals surface area contributed by atoms with Crippen molar-refractivity contribution in [3.8, 4) is 16.9 Å². The Balaban J connectivity index is 1.45. The van der Waals surface area contributed by atoms with Crippen LogP contribution < -0.4 is 15.8 Å². The van der Waals surface area contributed by atoms with Gasteiger partial charge in [-0.15, -0.1) is 11.3 Å². The van der Waals surface area contributed by atoms with Gasteiger partial charge < -0.3 is 20.1 Å². The Morgan fingerprint density at radius 3 is 2.81 bits per heavy atom. The number of aromatic nitrogens is 1. The molecule has 10 heteroatoms. The number of rotatable bonds is 5. The number of benzene rings is 1. The zero-order chi connectivity index (χ0) is 22.1. The van der Waals surface area contributed by atoms with Crippen LogP contribution in [0.15, 0.2) is 47.4 Å². The summed E-state index contributed by atoms with van der Waals surface area (Å²) in [5.74, 6) is -0.633. The topological polar surface area (TPSA) is 112 Å². The number of aromatic hydroxyl groups is 1. The van der Waals surface area contributed by atoms with Crippen molar-refractivity contribution in [3.63, 3.8) is 0 Å². The summed E-state index contributed by atoms with van der Waals surface area (Å²) in [6, 6.07) is 10.1. The minimum atomic E-state index is -0.571. The molecule has 2 aromatic heterocycles.